The van der Waals surface area contributed by atoms with Crippen molar-refractivity contribution in [3.05, 3.63) is 64.8 Å². The van der Waals surface area contributed by atoms with Crippen LogP contribution in [0.1, 0.15) is 17.7 Å². The van der Waals surface area contributed by atoms with Gasteiger partial charge in [0.1, 0.15) is 5.82 Å². The standard InChI is InChI=1S/C21H17ClN4OS2/c22-13-8-10-14(11-9-13)28-12-19(27)24-20-15-4-3-6-16(15)25-26(20)21-23-17-5-1-2-7-18(17)29-21/h1-2,5,7-11H,3-4,6,12H2,(H,24,27). The summed E-state index contributed by atoms with van der Waals surface area (Å²) in [6.45, 7) is 0. The number of benzene rings is 2. The van der Waals surface area contributed by atoms with E-state index in [0.29, 0.717) is 10.8 Å². The van der Waals surface area contributed by atoms with Crippen molar-refractivity contribution in [2.24, 2.45) is 0 Å². The topological polar surface area (TPSA) is 59.8 Å². The molecule has 8 heteroatoms. The average molecular weight is 441 g/mol. The normalized spacial score (nSPS) is 13.0. The third-order valence-electron chi connectivity index (χ3n) is 4.81. The fourth-order valence-electron chi connectivity index (χ4n) is 3.46. The van der Waals surface area contributed by atoms with Crippen LogP contribution >= 0.6 is 34.7 Å². The zero-order valence-corrected chi connectivity index (χ0v) is 17.8. The molecule has 2 heterocycles. The van der Waals surface area contributed by atoms with E-state index in [1.165, 1.54) is 11.8 Å². The second-order valence-electron chi connectivity index (χ2n) is 6.79. The van der Waals surface area contributed by atoms with E-state index in [9.17, 15) is 4.79 Å². The number of thiazole rings is 1. The average Bonchev–Trinajstić information content (AvgIpc) is 3.42. The summed E-state index contributed by atoms with van der Waals surface area (Å²) in [5, 5.41) is 9.33. The van der Waals surface area contributed by atoms with Crippen LogP contribution < -0.4 is 5.32 Å². The third kappa shape index (κ3) is 3.77. The molecule has 0 saturated heterocycles. The third-order valence-corrected chi connectivity index (χ3v) is 7.09. The summed E-state index contributed by atoms with van der Waals surface area (Å²) >= 11 is 8.99. The monoisotopic (exact) mass is 440 g/mol. The quantitative estimate of drug-likeness (QED) is 0.424. The number of nitrogens with zero attached hydrogens (tertiary/aromatic N) is 3. The molecule has 0 bridgehead atoms. The van der Waals surface area contributed by atoms with Crippen LogP contribution in [-0.4, -0.2) is 26.4 Å². The number of anilines is 1. The molecule has 0 unspecified atom stereocenters. The van der Waals surface area contributed by atoms with Gasteiger partial charge >= 0.3 is 0 Å². The van der Waals surface area contributed by atoms with Gasteiger partial charge in [0.2, 0.25) is 11.0 Å². The Morgan fingerprint density at radius 1 is 1.17 bits per heavy atom. The molecule has 0 fully saturated rings. The molecule has 5 rings (SSSR count). The summed E-state index contributed by atoms with van der Waals surface area (Å²) in [6.07, 6.45) is 2.94. The number of amides is 1. The van der Waals surface area contributed by atoms with E-state index in [2.05, 4.69) is 11.4 Å². The smallest absolute Gasteiger partial charge is 0.235 e. The Kier molecular flexibility index (Phi) is 5.03. The maximum atomic E-state index is 12.7. The first-order chi connectivity index (χ1) is 14.2. The highest BCUT2D eigenvalue weighted by molar-refractivity contribution is 8.00. The van der Waals surface area contributed by atoms with Crippen molar-refractivity contribution in [3.63, 3.8) is 0 Å². The number of hydrogen-bond donors (Lipinski definition) is 1. The predicted octanol–water partition coefficient (Wildman–Crippen LogP) is 5.35. The van der Waals surface area contributed by atoms with Crippen molar-refractivity contribution in [1.82, 2.24) is 14.8 Å². The summed E-state index contributed by atoms with van der Waals surface area (Å²) in [7, 11) is 0. The lowest BCUT2D eigenvalue weighted by Crippen LogP contribution is -2.18. The Morgan fingerprint density at radius 3 is 2.83 bits per heavy atom. The molecule has 29 heavy (non-hydrogen) atoms. The molecule has 4 aromatic rings. The fraction of sp³-hybridized carbons (Fsp3) is 0.190. The first-order valence-electron chi connectivity index (χ1n) is 9.32. The number of aromatic nitrogens is 3. The molecule has 0 radical (unpaired) electrons. The highest BCUT2D eigenvalue weighted by Gasteiger charge is 2.25. The Morgan fingerprint density at radius 2 is 2.00 bits per heavy atom. The van der Waals surface area contributed by atoms with Gasteiger partial charge in [0.15, 0.2) is 0 Å². The summed E-state index contributed by atoms with van der Waals surface area (Å²) in [6, 6.07) is 15.5. The van der Waals surface area contributed by atoms with Crippen LogP contribution in [0, 0.1) is 0 Å². The lowest BCUT2D eigenvalue weighted by molar-refractivity contribution is -0.113. The number of fused-ring (bicyclic) bond motifs is 2. The first-order valence-corrected chi connectivity index (χ1v) is 11.5. The number of carbonyl (C=O) groups excluding carboxylic acids is 1. The van der Waals surface area contributed by atoms with E-state index in [1.54, 1.807) is 16.0 Å². The van der Waals surface area contributed by atoms with Crippen molar-refractivity contribution in [2.75, 3.05) is 11.1 Å². The lowest BCUT2D eigenvalue weighted by atomic mass is 10.2. The molecule has 2 aromatic carbocycles. The molecule has 0 spiro atoms. The number of nitrogens with one attached hydrogen (secondary N) is 1. The highest BCUT2D eigenvalue weighted by atomic mass is 35.5. The number of hydrogen-bond acceptors (Lipinski definition) is 5. The fourth-order valence-corrected chi connectivity index (χ4v) is 5.21. The number of thioether (sulfide) groups is 1. The number of aryl methyl sites for hydroxylation is 1. The molecule has 1 N–H and O–H groups in total. The van der Waals surface area contributed by atoms with Gasteiger partial charge in [0.05, 0.1) is 21.7 Å². The molecular formula is C21H17ClN4OS2. The predicted molar refractivity (Wildman–Crippen MR) is 120 cm³/mol. The van der Waals surface area contributed by atoms with Crippen molar-refractivity contribution in [2.45, 2.75) is 24.2 Å². The number of halogens is 1. The molecule has 2 aromatic heterocycles. The molecule has 1 aliphatic carbocycles. The molecule has 0 saturated carbocycles. The van der Waals surface area contributed by atoms with Gasteiger partial charge in [-0.15, -0.1) is 11.8 Å². The minimum absolute atomic E-state index is 0.0538. The second kappa shape index (κ2) is 7.82. The van der Waals surface area contributed by atoms with Gasteiger partial charge in [-0.2, -0.15) is 9.78 Å². The highest BCUT2D eigenvalue weighted by Crippen LogP contribution is 2.34. The van der Waals surface area contributed by atoms with Gasteiger partial charge in [0, 0.05) is 15.5 Å². The van der Waals surface area contributed by atoms with E-state index >= 15 is 0 Å². The minimum atomic E-state index is -0.0538. The molecular weight excluding hydrogens is 424 g/mol. The summed E-state index contributed by atoms with van der Waals surface area (Å²) < 4.78 is 2.91. The number of rotatable bonds is 5. The Balaban J connectivity index is 1.40. The van der Waals surface area contributed by atoms with E-state index < -0.39 is 0 Å². The molecule has 0 aliphatic heterocycles. The Bertz CT molecular complexity index is 1170. The zero-order valence-electron chi connectivity index (χ0n) is 15.4. The zero-order chi connectivity index (χ0) is 19.8. The Hall–Kier alpha value is -2.35. The maximum Gasteiger partial charge on any atom is 0.235 e. The largest absolute Gasteiger partial charge is 0.310 e. The molecule has 146 valence electrons. The van der Waals surface area contributed by atoms with Crippen molar-refractivity contribution in [3.8, 4) is 5.13 Å². The van der Waals surface area contributed by atoms with Crippen molar-refractivity contribution >= 4 is 56.6 Å². The van der Waals surface area contributed by atoms with Crippen LogP contribution in [0.4, 0.5) is 5.82 Å². The van der Waals surface area contributed by atoms with E-state index in [4.69, 9.17) is 21.7 Å². The maximum absolute atomic E-state index is 12.7. The van der Waals surface area contributed by atoms with Crippen LogP contribution in [0.3, 0.4) is 0 Å². The van der Waals surface area contributed by atoms with E-state index in [-0.39, 0.29) is 5.91 Å². The minimum Gasteiger partial charge on any atom is -0.310 e. The van der Waals surface area contributed by atoms with Crippen LogP contribution in [0.15, 0.2) is 53.4 Å². The summed E-state index contributed by atoms with van der Waals surface area (Å²) in [5.74, 6) is 1.03. The molecule has 0 atom stereocenters. The van der Waals surface area contributed by atoms with Crippen molar-refractivity contribution < 1.29 is 4.79 Å². The van der Waals surface area contributed by atoms with Crippen LogP contribution in [0.5, 0.6) is 0 Å². The van der Waals surface area contributed by atoms with Crippen LogP contribution in [-0.2, 0) is 17.6 Å². The SMILES string of the molecule is O=C(CSc1ccc(Cl)cc1)Nc1c2c(nn1-c1nc3ccccc3s1)CCC2. The summed E-state index contributed by atoms with van der Waals surface area (Å²) in [4.78, 5) is 18.4. The van der Waals surface area contributed by atoms with E-state index in [0.717, 1.165) is 56.6 Å². The van der Waals surface area contributed by atoms with Gasteiger partial charge in [-0.25, -0.2) is 4.98 Å². The van der Waals surface area contributed by atoms with Gasteiger partial charge in [-0.05, 0) is 55.7 Å². The molecule has 1 amide bonds. The van der Waals surface area contributed by atoms with E-state index in [1.807, 2.05) is 42.5 Å². The van der Waals surface area contributed by atoms with Crippen molar-refractivity contribution in [1.29, 1.82) is 0 Å². The van der Waals surface area contributed by atoms with Gasteiger partial charge in [-0.1, -0.05) is 35.1 Å². The van der Waals surface area contributed by atoms with Gasteiger partial charge < -0.3 is 5.32 Å². The van der Waals surface area contributed by atoms with Crippen LogP contribution in [0.25, 0.3) is 15.3 Å². The van der Waals surface area contributed by atoms with Gasteiger partial charge in [-0.3, -0.25) is 4.79 Å². The summed E-state index contributed by atoms with van der Waals surface area (Å²) in [5.41, 5.74) is 3.14. The number of carbonyl (C=O) groups is 1. The first kappa shape index (κ1) is 18.7. The molecule has 5 nitrogen and oxygen atoms in total. The van der Waals surface area contributed by atoms with Crippen LogP contribution in [0.2, 0.25) is 5.02 Å². The lowest BCUT2D eigenvalue weighted by Gasteiger charge is -2.09. The number of para-hydroxylation sites is 1. The van der Waals surface area contributed by atoms with Gasteiger partial charge in [0.25, 0.3) is 0 Å². The molecule has 1 aliphatic rings. The Labute approximate surface area is 181 Å². The second-order valence-corrected chi connectivity index (χ2v) is 9.29.